The van der Waals surface area contributed by atoms with Crippen LogP contribution in [0.4, 0.5) is 0 Å². The fourth-order valence-corrected chi connectivity index (χ4v) is 3.71. The molecule has 0 spiro atoms. The maximum Gasteiger partial charge on any atom is 0.326 e. The molecule has 0 bridgehead atoms. The van der Waals surface area contributed by atoms with Gasteiger partial charge in [0.25, 0.3) is 5.91 Å². The molecule has 0 unspecified atom stereocenters. The summed E-state index contributed by atoms with van der Waals surface area (Å²) in [4.78, 5) is 36.4. The lowest BCUT2D eigenvalue weighted by atomic mass is 9.95. The molecule has 2 aromatic rings. The van der Waals surface area contributed by atoms with Gasteiger partial charge in [0.15, 0.2) is 6.10 Å². The highest BCUT2D eigenvalue weighted by molar-refractivity contribution is 5.91. The molecular formula is C23H28N2O4. The zero-order valence-corrected chi connectivity index (χ0v) is 16.8. The van der Waals surface area contributed by atoms with Gasteiger partial charge < -0.3 is 15.4 Å². The lowest BCUT2D eigenvalue weighted by Gasteiger charge is -2.24. The number of ether oxygens (including phenoxy) is 1. The standard InChI is InChI=1S/C23H28N2O4/c1-16(23(28)25-19-11-3-2-4-12-19)29-22(27)15-24-21(26)14-18-10-7-9-17-8-5-6-13-20(17)18/h5-10,13,16,19H,2-4,11-12,14-15H2,1H3,(H,24,26)(H,25,28)/t16-/m1/s1. The van der Waals surface area contributed by atoms with Crippen LogP contribution in [0.5, 0.6) is 0 Å². The fraction of sp³-hybridized carbons (Fsp3) is 0.435. The lowest BCUT2D eigenvalue weighted by molar-refractivity contribution is -0.154. The molecule has 1 aliphatic rings. The molecule has 0 aliphatic heterocycles. The average molecular weight is 396 g/mol. The quantitative estimate of drug-likeness (QED) is 0.705. The van der Waals surface area contributed by atoms with Gasteiger partial charge in [-0.15, -0.1) is 0 Å². The maximum atomic E-state index is 12.2. The van der Waals surface area contributed by atoms with Gasteiger partial charge in [-0.25, -0.2) is 0 Å². The van der Waals surface area contributed by atoms with Crippen molar-refractivity contribution in [2.75, 3.05) is 6.54 Å². The summed E-state index contributed by atoms with van der Waals surface area (Å²) in [5, 5.41) is 7.59. The van der Waals surface area contributed by atoms with E-state index in [9.17, 15) is 14.4 Å². The summed E-state index contributed by atoms with van der Waals surface area (Å²) in [5.74, 6) is -1.17. The van der Waals surface area contributed by atoms with Gasteiger partial charge in [0.2, 0.25) is 5.91 Å². The number of hydrogen-bond donors (Lipinski definition) is 2. The van der Waals surface area contributed by atoms with Crippen LogP contribution in [0, 0.1) is 0 Å². The number of benzene rings is 2. The van der Waals surface area contributed by atoms with Crippen molar-refractivity contribution in [3.8, 4) is 0 Å². The number of nitrogens with one attached hydrogen (secondary N) is 2. The normalized spacial score (nSPS) is 15.5. The molecule has 1 saturated carbocycles. The van der Waals surface area contributed by atoms with Crippen LogP contribution in [0.25, 0.3) is 10.8 Å². The second-order valence-corrected chi connectivity index (χ2v) is 7.57. The Hall–Kier alpha value is -2.89. The smallest absolute Gasteiger partial charge is 0.326 e. The van der Waals surface area contributed by atoms with Crippen molar-refractivity contribution in [1.82, 2.24) is 10.6 Å². The third kappa shape index (κ3) is 6.04. The van der Waals surface area contributed by atoms with Crippen molar-refractivity contribution < 1.29 is 19.1 Å². The highest BCUT2D eigenvalue weighted by Gasteiger charge is 2.22. The number of esters is 1. The summed E-state index contributed by atoms with van der Waals surface area (Å²) in [6.07, 6.45) is 4.66. The molecule has 1 atom stereocenters. The number of carbonyl (C=O) groups excluding carboxylic acids is 3. The molecule has 3 rings (SSSR count). The van der Waals surface area contributed by atoms with Crippen LogP contribution in [0.1, 0.15) is 44.6 Å². The van der Waals surface area contributed by atoms with Crippen LogP contribution in [0.2, 0.25) is 0 Å². The van der Waals surface area contributed by atoms with Gasteiger partial charge in [-0.05, 0) is 36.1 Å². The van der Waals surface area contributed by atoms with E-state index in [1.807, 2.05) is 42.5 Å². The van der Waals surface area contributed by atoms with Crippen molar-refractivity contribution in [2.24, 2.45) is 0 Å². The molecule has 154 valence electrons. The third-order valence-corrected chi connectivity index (χ3v) is 5.29. The van der Waals surface area contributed by atoms with E-state index in [4.69, 9.17) is 4.74 Å². The minimum atomic E-state index is -0.876. The molecule has 6 nitrogen and oxygen atoms in total. The van der Waals surface area contributed by atoms with E-state index in [0.29, 0.717) is 0 Å². The first-order valence-corrected chi connectivity index (χ1v) is 10.3. The van der Waals surface area contributed by atoms with Crippen molar-refractivity contribution in [1.29, 1.82) is 0 Å². The predicted molar refractivity (Wildman–Crippen MR) is 111 cm³/mol. The Morgan fingerprint density at radius 1 is 1.03 bits per heavy atom. The Labute approximate surface area is 171 Å². The fourth-order valence-electron chi connectivity index (χ4n) is 3.71. The molecule has 1 aliphatic carbocycles. The Morgan fingerprint density at radius 3 is 2.55 bits per heavy atom. The van der Waals surface area contributed by atoms with Crippen molar-refractivity contribution in [3.05, 3.63) is 48.0 Å². The Bertz CT molecular complexity index is 869. The number of carbonyl (C=O) groups is 3. The average Bonchev–Trinajstić information content (AvgIpc) is 2.73. The van der Waals surface area contributed by atoms with Gasteiger partial charge in [0, 0.05) is 6.04 Å². The highest BCUT2D eigenvalue weighted by Crippen LogP contribution is 2.19. The predicted octanol–water partition coefficient (Wildman–Crippen LogP) is 2.88. The number of hydrogen-bond acceptors (Lipinski definition) is 4. The van der Waals surface area contributed by atoms with E-state index >= 15 is 0 Å². The summed E-state index contributed by atoms with van der Waals surface area (Å²) < 4.78 is 5.16. The molecule has 29 heavy (non-hydrogen) atoms. The van der Waals surface area contributed by atoms with Crippen molar-refractivity contribution in [3.63, 3.8) is 0 Å². The van der Waals surface area contributed by atoms with Crippen LogP contribution in [0.3, 0.4) is 0 Å². The van der Waals surface area contributed by atoms with E-state index in [-0.39, 0.29) is 30.8 Å². The molecule has 0 aromatic heterocycles. The molecular weight excluding hydrogens is 368 g/mol. The first-order valence-electron chi connectivity index (χ1n) is 10.3. The summed E-state index contributed by atoms with van der Waals surface area (Å²) in [7, 11) is 0. The molecule has 1 fully saturated rings. The number of rotatable bonds is 7. The molecule has 2 amide bonds. The number of amides is 2. The lowest BCUT2D eigenvalue weighted by Crippen LogP contribution is -2.43. The van der Waals surface area contributed by atoms with E-state index in [0.717, 1.165) is 42.0 Å². The summed E-state index contributed by atoms with van der Waals surface area (Å²) >= 11 is 0. The first kappa shape index (κ1) is 20.8. The molecule has 0 saturated heterocycles. The molecule has 2 aromatic carbocycles. The zero-order valence-electron chi connectivity index (χ0n) is 16.8. The van der Waals surface area contributed by atoms with Crippen molar-refractivity contribution in [2.45, 2.75) is 57.6 Å². The molecule has 6 heteroatoms. The Balaban J connectivity index is 1.43. The summed E-state index contributed by atoms with van der Waals surface area (Å²) in [6, 6.07) is 13.8. The van der Waals surface area contributed by atoms with Crippen LogP contribution in [0.15, 0.2) is 42.5 Å². The third-order valence-electron chi connectivity index (χ3n) is 5.29. The molecule has 2 N–H and O–H groups in total. The van der Waals surface area contributed by atoms with E-state index in [2.05, 4.69) is 10.6 Å². The highest BCUT2D eigenvalue weighted by atomic mass is 16.5. The minimum Gasteiger partial charge on any atom is -0.451 e. The van der Waals surface area contributed by atoms with Crippen LogP contribution in [-0.2, 0) is 25.5 Å². The topological polar surface area (TPSA) is 84.5 Å². The Morgan fingerprint density at radius 2 is 1.76 bits per heavy atom. The Kier molecular flexibility index (Phi) is 7.22. The number of fused-ring (bicyclic) bond motifs is 1. The molecule has 0 heterocycles. The van der Waals surface area contributed by atoms with Crippen molar-refractivity contribution >= 4 is 28.6 Å². The first-order chi connectivity index (χ1) is 14.0. The van der Waals surface area contributed by atoms with Crippen LogP contribution < -0.4 is 10.6 Å². The molecule has 0 radical (unpaired) electrons. The second-order valence-electron chi connectivity index (χ2n) is 7.57. The minimum absolute atomic E-state index is 0.165. The van der Waals surface area contributed by atoms with Gasteiger partial charge in [0.1, 0.15) is 6.54 Å². The SMILES string of the molecule is C[C@@H](OC(=O)CNC(=O)Cc1cccc2ccccc12)C(=O)NC1CCCCC1. The largest absolute Gasteiger partial charge is 0.451 e. The van der Waals surface area contributed by atoms with E-state index < -0.39 is 12.1 Å². The van der Waals surface area contributed by atoms with Gasteiger partial charge in [-0.2, -0.15) is 0 Å². The van der Waals surface area contributed by atoms with E-state index in [1.165, 1.54) is 6.42 Å². The van der Waals surface area contributed by atoms with Gasteiger partial charge in [-0.1, -0.05) is 61.7 Å². The second kappa shape index (κ2) is 10.0. The van der Waals surface area contributed by atoms with Gasteiger partial charge in [0.05, 0.1) is 6.42 Å². The monoisotopic (exact) mass is 396 g/mol. The van der Waals surface area contributed by atoms with Gasteiger partial charge >= 0.3 is 5.97 Å². The summed E-state index contributed by atoms with van der Waals surface area (Å²) in [6.45, 7) is 1.29. The van der Waals surface area contributed by atoms with E-state index in [1.54, 1.807) is 6.92 Å². The summed E-state index contributed by atoms with van der Waals surface area (Å²) in [5.41, 5.74) is 0.897. The van der Waals surface area contributed by atoms with Crippen LogP contribution >= 0.6 is 0 Å². The van der Waals surface area contributed by atoms with Crippen LogP contribution in [-0.4, -0.2) is 36.5 Å². The maximum absolute atomic E-state index is 12.2. The zero-order chi connectivity index (χ0) is 20.6. The van der Waals surface area contributed by atoms with Gasteiger partial charge in [-0.3, -0.25) is 14.4 Å².